The minimum absolute atomic E-state index is 0.538. The van der Waals surface area contributed by atoms with Crippen LogP contribution < -0.4 is 5.73 Å². The van der Waals surface area contributed by atoms with Crippen LogP contribution in [-0.2, 0) is 13.0 Å². The van der Waals surface area contributed by atoms with Crippen LogP contribution >= 0.6 is 0 Å². The van der Waals surface area contributed by atoms with Gasteiger partial charge in [-0.3, -0.25) is 9.97 Å². The molecule has 15 heavy (non-hydrogen) atoms. The summed E-state index contributed by atoms with van der Waals surface area (Å²) < 4.78 is 1.89. The molecular weight excluding hydrogens is 190 g/mol. The lowest BCUT2D eigenvalue weighted by molar-refractivity contribution is 0.690. The minimum atomic E-state index is 0.538. The monoisotopic (exact) mass is 203 g/mol. The normalized spacial score (nSPS) is 10.5. The Labute approximate surface area is 88.0 Å². The first kappa shape index (κ1) is 9.64. The van der Waals surface area contributed by atoms with E-state index in [1.54, 1.807) is 18.6 Å². The van der Waals surface area contributed by atoms with Crippen LogP contribution in [0.15, 0.2) is 24.8 Å². The quantitative estimate of drug-likeness (QED) is 0.801. The van der Waals surface area contributed by atoms with Crippen molar-refractivity contribution in [2.75, 3.05) is 5.73 Å². The molecule has 0 aliphatic rings. The average Bonchev–Trinajstić information content (AvgIpc) is 2.61. The van der Waals surface area contributed by atoms with Crippen LogP contribution in [0.3, 0.4) is 0 Å². The molecule has 2 heterocycles. The van der Waals surface area contributed by atoms with E-state index in [9.17, 15) is 0 Å². The van der Waals surface area contributed by atoms with E-state index in [0.717, 1.165) is 24.4 Å². The van der Waals surface area contributed by atoms with Gasteiger partial charge in [0.15, 0.2) is 5.95 Å². The van der Waals surface area contributed by atoms with Crippen LogP contribution in [0.1, 0.15) is 11.4 Å². The summed E-state index contributed by atoms with van der Waals surface area (Å²) in [5.74, 6) is 0.538. The van der Waals surface area contributed by atoms with Crippen molar-refractivity contribution in [3.8, 4) is 0 Å². The minimum Gasteiger partial charge on any atom is -0.369 e. The Morgan fingerprint density at radius 1 is 1.40 bits per heavy atom. The second-order valence-electron chi connectivity index (χ2n) is 3.38. The highest BCUT2D eigenvalue weighted by molar-refractivity contribution is 5.16. The Kier molecular flexibility index (Phi) is 2.62. The van der Waals surface area contributed by atoms with Crippen LogP contribution in [0.25, 0.3) is 0 Å². The molecule has 0 aliphatic carbocycles. The van der Waals surface area contributed by atoms with Crippen LogP contribution in [0.2, 0.25) is 0 Å². The van der Waals surface area contributed by atoms with Gasteiger partial charge in [0.2, 0.25) is 0 Å². The van der Waals surface area contributed by atoms with Gasteiger partial charge in [-0.2, -0.15) is 0 Å². The molecule has 2 N–H and O–H groups in total. The van der Waals surface area contributed by atoms with Crippen LogP contribution in [0.4, 0.5) is 5.95 Å². The zero-order chi connectivity index (χ0) is 10.7. The van der Waals surface area contributed by atoms with E-state index in [4.69, 9.17) is 5.73 Å². The van der Waals surface area contributed by atoms with E-state index < -0.39 is 0 Å². The van der Waals surface area contributed by atoms with Gasteiger partial charge in [-0.1, -0.05) is 0 Å². The molecule has 2 aromatic heterocycles. The summed E-state index contributed by atoms with van der Waals surface area (Å²) in [4.78, 5) is 12.4. The van der Waals surface area contributed by atoms with E-state index >= 15 is 0 Å². The predicted molar refractivity (Wildman–Crippen MR) is 57.1 cm³/mol. The second kappa shape index (κ2) is 4.08. The number of anilines is 1. The number of rotatable bonds is 3. The number of imidazole rings is 1. The first-order valence-corrected chi connectivity index (χ1v) is 4.80. The number of hydrogen-bond acceptors (Lipinski definition) is 4. The first-order chi connectivity index (χ1) is 7.25. The van der Waals surface area contributed by atoms with E-state index in [-0.39, 0.29) is 0 Å². The van der Waals surface area contributed by atoms with E-state index in [1.807, 2.05) is 17.7 Å². The van der Waals surface area contributed by atoms with Crippen molar-refractivity contribution in [3.63, 3.8) is 0 Å². The third-order valence-corrected chi connectivity index (χ3v) is 2.16. The van der Waals surface area contributed by atoms with E-state index in [0.29, 0.717) is 5.95 Å². The molecule has 5 heteroatoms. The molecule has 0 atom stereocenters. The van der Waals surface area contributed by atoms with Crippen LogP contribution in [0.5, 0.6) is 0 Å². The summed E-state index contributed by atoms with van der Waals surface area (Å²) in [5, 5.41) is 0. The number of aryl methyl sites for hydroxylation is 3. The van der Waals surface area contributed by atoms with Crippen molar-refractivity contribution in [1.82, 2.24) is 19.5 Å². The average molecular weight is 203 g/mol. The fraction of sp³-hybridized carbons (Fsp3) is 0.300. The standard InChI is InChI=1S/C10H13N5/c1-8-6-12-7-9(14-8)2-4-15-5-3-13-10(15)11/h3,5-7H,2,4H2,1H3,(H2,11,13). The lowest BCUT2D eigenvalue weighted by Crippen LogP contribution is -2.06. The highest BCUT2D eigenvalue weighted by Crippen LogP contribution is 2.02. The number of hydrogen-bond donors (Lipinski definition) is 1. The van der Waals surface area contributed by atoms with Gasteiger partial charge in [-0.05, 0) is 6.92 Å². The molecular formula is C10H13N5. The van der Waals surface area contributed by atoms with Gasteiger partial charge in [-0.25, -0.2) is 4.98 Å². The zero-order valence-corrected chi connectivity index (χ0v) is 8.59. The maximum absolute atomic E-state index is 5.65. The molecule has 2 aromatic rings. The molecule has 0 spiro atoms. The van der Waals surface area contributed by atoms with Gasteiger partial charge in [0.25, 0.3) is 0 Å². The summed E-state index contributed by atoms with van der Waals surface area (Å²) in [7, 11) is 0. The molecule has 0 saturated carbocycles. The van der Waals surface area contributed by atoms with Gasteiger partial charge in [0.05, 0.1) is 11.4 Å². The summed E-state index contributed by atoms with van der Waals surface area (Å²) in [6.45, 7) is 2.71. The van der Waals surface area contributed by atoms with Crippen molar-refractivity contribution >= 4 is 5.95 Å². The predicted octanol–water partition coefficient (Wildman–Crippen LogP) is 0.806. The third kappa shape index (κ3) is 2.31. The summed E-state index contributed by atoms with van der Waals surface area (Å²) in [6, 6.07) is 0. The summed E-state index contributed by atoms with van der Waals surface area (Å²) in [5.41, 5.74) is 7.56. The van der Waals surface area contributed by atoms with Gasteiger partial charge in [-0.15, -0.1) is 0 Å². The molecule has 0 radical (unpaired) electrons. The number of nitrogens with two attached hydrogens (primary N) is 1. The fourth-order valence-electron chi connectivity index (χ4n) is 1.40. The maximum atomic E-state index is 5.65. The highest BCUT2D eigenvalue weighted by atomic mass is 15.1. The molecule has 0 amide bonds. The smallest absolute Gasteiger partial charge is 0.200 e. The largest absolute Gasteiger partial charge is 0.369 e. The molecule has 0 aromatic carbocycles. The molecule has 5 nitrogen and oxygen atoms in total. The Hall–Kier alpha value is -1.91. The van der Waals surface area contributed by atoms with Crippen molar-refractivity contribution < 1.29 is 0 Å². The number of nitrogens with zero attached hydrogens (tertiary/aromatic N) is 4. The van der Waals surface area contributed by atoms with Crippen molar-refractivity contribution in [2.45, 2.75) is 19.9 Å². The Balaban J connectivity index is 2.02. The van der Waals surface area contributed by atoms with Crippen molar-refractivity contribution in [1.29, 1.82) is 0 Å². The van der Waals surface area contributed by atoms with E-state index in [2.05, 4.69) is 15.0 Å². The van der Waals surface area contributed by atoms with Gasteiger partial charge in [0.1, 0.15) is 0 Å². The second-order valence-corrected chi connectivity index (χ2v) is 3.38. The summed E-state index contributed by atoms with van der Waals surface area (Å²) >= 11 is 0. The number of aromatic nitrogens is 4. The molecule has 0 saturated heterocycles. The fourth-order valence-corrected chi connectivity index (χ4v) is 1.40. The Morgan fingerprint density at radius 2 is 2.27 bits per heavy atom. The molecule has 0 unspecified atom stereocenters. The highest BCUT2D eigenvalue weighted by Gasteiger charge is 2.00. The zero-order valence-electron chi connectivity index (χ0n) is 8.59. The molecule has 0 bridgehead atoms. The molecule has 2 rings (SSSR count). The van der Waals surface area contributed by atoms with Crippen molar-refractivity contribution in [3.05, 3.63) is 36.2 Å². The first-order valence-electron chi connectivity index (χ1n) is 4.80. The van der Waals surface area contributed by atoms with Gasteiger partial charge >= 0.3 is 0 Å². The molecule has 0 aliphatic heterocycles. The van der Waals surface area contributed by atoms with Gasteiger partial charge < -0.3 is 10.3 Å². The van der Waals surface area contributed by atoms with E-state index in [1.165, 1.54) is 0 Å². The van der Waals surface area contributed by atoms with Crippen molar-refractivity contribution in [2.24, 2.45) is 0 Å². The van der Waals surface area contributed by atoms with Gasteiger partial charge in [0, 0.05) is 37.8 Å². The molecule has 78 valence electrons. The Bertz CT molecular complexity index is 449. The Morgan fingerprint density at radius 3 is 2.93 bits per heavy atom. The number of nitrogen functional groups attached to an aromatic ring is 1. The lowest BCUT2D eigenvalue weighted by atomic mass is 10.3. The van der Waals surface area contributed by atoms with Crippen LogP contribution in [-0.4, -0.2) is 19.5 Å². The molecule has 0 fully saturated rings. The van der Waals surface area contributed by atoms with Crippen LogP contribution in [0, 0.1) is 6.92 Å². The lowest BCUT2D eigenvalue weighted by Gasteiger charge is -2.04. The summed E-state index contributed by atoms with van der Waals surface area (Å²) in [6.07, 6.45) is 7.89. The SMILES string of the molecule is Cc1cncc(CCn2ccnc2N)n1. The maximum Gasteiger partial charge on any atom is 0.200 e. The third-order valence-electron chi connectivity index (χ3n) is 2.16. The topological polar surface area (TPSA) is 69.6 Å².